The first-order valence-electron chi connectivity index (χ1n) is 15.9. The first kappa shape index (κ1) is 40.8. The van der Waals surface area contributed by atoms with Gasteiger partial charge in [0, 0.05) is 48.5 Å². The Labute approximate surface area is 293 Å². The second-order valence-electron chi connectivity index (χ2n) is 11.6. The van der Waals surface area contributed by atoms with E-state index >= 15 is 0 Å². The zero-order valence-electron chi connectivity index (χ0n) is 29.2. The minimum atomic E-state index is -1.61. The number of ether oxygens (including phenoxy) is 10. The molecule has 2 heterocycles. The molecule has 18 heteroatoms. The van der Waals surface area contributed by atoms with Crippen LogP contribution in [0.25, 0.3) is 0 Å². The second kappa shape index (κ2) is 19.1. The molecule has 18 nitrogen and oxygen atoms in total. The van der Waals surface area contributed by atoms with Crippen LogP contribution in [0.3, 0.4) is 0 Å². The molecule has 1 aromatic rings. The lowest BCUT2D eigenvalue weighted by Crippen LogP contribution is -2.67. The molecule has 10 unspecified atom stereocenters. The highest BCUT2D eigenvalue weighted by Crippen LogP contribution is 2.32. The highest BCUT2D eigenvalue weighted by molar-refractivity contribution is 5.74. The molecule has 282 valence electrons. The van der Waals surface area contributed by atoms with Crippen LogP contribution in [0.15, 0.2) is 30.3 Å². The van der Waals surface area contributed by atoms with Gasteiger partial charge in [-0.15, -0.1) is 0 Å². The maximum Gasteiger partial charge on any atom is 0.303 e. The molecule has 0 radical (unpaired) electrons. The van der Waals surface area contributed by atoms with E-state index in [1.54, 1.807) is 24.3 Å². The van der Waals surface area contributed by atoms with Crippen LogP contribution in [0.4, 0.5) is 0 Å². The molecule has 1 N–H and O–H groups in total. The monoisotopic (exact) mass is 725 g/mol. The molecule has 0 aromatic heterocycles. The molecule has 2 saturated heterocycles. The van der Waals surface area contributed by atoms with Gasteiger partial charge in [-0.25, -0.2) is 0 Å². The lowest BCUT2D eigenvalue weighted by molar-refractivity contribution is -0.326. The van der Waals surface area contributed by atoms with Crippen LogP contribution in [0, 0.1) is 0 Å². The van der Waals surface area contributed by atoms with Crippen LogP contribution in [-0.2, 0) is 87.5 Å². The van der Waals surface area contributed by atoms with Crippen LogP contribution in [0.1, 0.15) is 54.0 Å². The molecule has 0 aliphatic carbocycles. The van der Waals surface area contributed by atoms with Gasteiger partial charge < -0.3 is 52.7 Å². The van der Waals surface area contributed by atoms with Gasteiger partial charge in [0.15, 0.2) is 43.1 Å². The van der Waals surface area contributed by atoms with Crippen molar-refractivity contribution >= 4 is 41.7 Å². The van der Waals surface area contributed by atoms with E-state index < -0.39 is 116 Å². The summed E-state index contributed by atoms with van der Waals surface area (Å²) in [4.78, 5) is 85.2. The topological polar surface area (TPSA) is 224 Å². The van der Waals surface area contributed by atoms with Crippen molar-refractivity contribution < 1.29 is 80.9 Å². The maximum absolute atomic E-state index is 12.3. The third-order valence-corrected chi connectivity index (χ3v) is 7.25. The predicted molar refractivity (Wildman–Crippen MR) is 167 cm³/mol. The minimum Gasteiger partial charge on any atom is -0.463 e. The van der Waals surface area contributed by atoms with Gasteiger partial charge in [0.1, 0.15) is 24.9 Å². The SMILES string of the molecule is CC(=O)NC1C(OCc2ccccc2)OC(COC2OC(COC(C)=O)C(OC(C)=O)C(OC(C)=O)C2OC(C)=O)C(OC(C)=O)C1OC(C)=O. The van der Waals surface area contributed by atoms with Crippen LogP contribution in [0.5, 0.6) is 0 Å². The van der Waals surface area contributed by atoms with E-state index in [9.17, 15) is 33.6 Å². The summed E-state index contributed by atoms with van der Waals surface area (Å²) in [6.45, 7) is 6.71. The fourth-order valence-corrected chi connectivity index (χ4v) is 5.50. The Morgan fingerprint density at radius 3 is 1.55 bits per heavy atom. The number of benzene rings is 1. The largest absolute Gasteiger partial charge is 0.463 e. The van der Waals surface area contributed by atoms with Crippen LogP contribution in [-0.4, -0.2) is 116 Å². The highest BCUT2D eigenvalue weighted by atomic mass is 16.8. The van der Waals surface area contributed by atoms with Crippen LogP contribution in [0.2, 0.25) is 0 Å². The van der Waals surface area contributed by atoms with Gasteiger partial charge >= 0.3 is 35.8 Å². The fraction of sp³-hybridized carbons (Fsp3) is 0.606. The molecule has 0 saturated carbocycles. The van der Waals surface area contributed by atoms with E-state index in [1.165, 1.54) is 6.92 Å². The number of carbonyl (C=O) groups is 7. The smallest absolute Gasteiger partial charge is 0.303 e. The summed E-state index contributed by atoms with van der Waals surface area (Å²) in [5, 5.41) is 2.64. The van der Waals surface area contributed by atoms with E-state index in [1.807, 2.05) is 6.07 Å². The predicted octanol–water partition coefficient (Wildman–Crippen LogP) is 0.396. The molecule has 1 aromatic carbocycles. The Hall–Kier alpha value is -4.65. The van der Waals surface area contributed by atoms with Crippen molar-refractivity contribution in [3.63, 3.8) is 0 Å². The molecule has 2 aliphatic rings. The summed E-state index contributed by atoms with van der Waals surface area (Å²) < 4.78 is 56.8. The summed E-state index contributed by atoms with van der Waals surface area (Å²) in [6.07, 6.45) is -12.8. The van der Waals surface area contributed by atoms with Crippen molar-refractivity contribution in [1.29, 1.82) is 0 Å². The molecule has 0 spiro atoms. The lowest BCUT2D eigenvalue weighted by Gasteiger charge is -2.46. The highest BCUT2D eigenvalue weighted by Gasteiger charge is 2.55. The third kappa shape index (κ3) is 12.6. The normalized spacial score (nSPS) is 28.7. The van der Waals surface area contributed by atoms with Gasteiger partial charge in [0.2, 0.25) is 5.91 Å². The van der Waals surface area contributed by atoms with Crippen LogP contribution >= 0.6 is 0 Å². The van der Waals surface area contributed by atoms with Crippen molar-refractivity contribution in [3.05, 3.63) is 35.9 Å². The average molecular weight is 726 g/mol. The quantitative estimate of drug-likeness (QED) is 0.202. The van der Waals surface area contributed by atoms with Gasteiger partial charge in [0.25, 0.3) is 0 Å². The number of carbonyl (C=O) groups excluding carboxylic acids is 7. The Morgan fingerprint density at radius 1 is 0.549 bits per heavy atom. The Kier molecular flexibility index (Phi) is 15.3. The summed E-state index contributed by atoms with van der Waals surface area (Å²) in [6, 6.07) is 7.77. The molecule has 1 amide bonds. The number of nitrogens with one attached hydrogen (secondary N) is 1. The maximum atomic E-state index is 12.3. The fourth-order valence-electron chi connectivity index (χ4n) is 5.50. The standard InChI is InChI=1S/C33H43NO17/c1-16(35)34-26-29(47-20(5)39)27(45-18(3)37)25(50-32(26)43-13-23-11-9-8-10-12-23)15-44-33-31(49-22(7)41)30(48-21(6)40)28(46-19(4)38)24(51-33)14-42-17(2)36/h8-12,24-33H,13-15H2,1-7H3,(H,34,35). The molecule has 3 rings (SSSR count). The van der Waals surface area contributed by atoms with Crippen molar-refractivity contribution in [3.8, 4) is 0 Å². The van der Waals surface area contributed by atoms with Crippen molar-refractivity contribution in [2.75, 3.05) is 13.2 Å². The lowest BCUT2D eigenvalue weighted by atomic mass is 9.95. The van der Waals surface area contributed by atoms with Crippen molar-refractivity contribution in [2.24, 2.45) is 0 Å². The van der Waals surface area contributed by atoms with E-state index in [0.29, 0.717) is 0 Å². The molecule has 51 heavy (non-hydrogen) atoms. The molecule has 10 atom stereocenters. The summed E-state index contributed by atoms with van der Waals surface area (Å²) in [7, 11) is 0. The average Bonchev–Trinajstić information content (AvgIpc) is 3.02. The van der Waals surface area contributed by atoms with E-state index in [2.05, 4.69) is 5.32 Å². The zero-order chi connectivity index (χ0) is 37.8. The molecule has 2 fully saturated rings. The zero-order valence-corrected chi connectivity index (χ0v) is 29.2. The van der Waals surface area contributed by atoms with Crippen molar-refractivity contribution in [2.45, 2.75) is 116 Å². The summed E-state index contributed by atoms with van der Waals surface area (Å²) in [5.41, 5.74) is 0.735. The number of hydrogen-bond acceptors (Lipinski definition) is 17. The third-order valence-electron chi connectivity index (χ3n) is 7.25. The first-order chi connectivity index (χ1) is 24.0. The summed E-state index contributed by atoms with van der Waals surface area (Å²) >= 11 is 0. The van der Waals surface area contributed by atoms with Crippen molar-refractivity contribution in [1.82, 2.24) is 5.32 Å². The van der Waals surface area contributed by atoms with E-state index in [0.717, 1.165) is 47.1 Å². The molecular formula is C33H43NO17. The Balaban J connectivity index is 2.03. The molecular weight excluding hydrogens is 682 g/mol. The van der Waals surface area contributed by atoms with Gasteiger partial charge in [0.05, 0.1) is 13.2 Å². The molecule has 2 aliphatic heterocycles. The van der Waals surface area contributed by atoms with Gasteiger partial charge in [-0.05, 0) is 5.56 Å². The van der Waals surface area contributed by atoms with E-state index in [4.69, 9.17) is 47.4 Å². The number of rotatable bonds is 14. The number of amides is 1. The summed E-state index contributed by atoms with van der Waals surface area (Å²) in [5.74, 6) is -5.36. The Bertz CT molecular complexity index is 1400. The van der Waals surface area contributed by atoms with E-state index in [-0.39, 0.29) is 6.61 Å². The Morgan fingerprint density at radius 2 is 1.02 bits per heavy atom. The van der Waals surface area contributed by atoms with Gasteiger partial charge in [-0.1, -0.05) is 30.3 Å². The van der Waals surface area contributed by atoms with Gasteiger partial charge in [-0.2, -0.15) is 0 Å². The number of esters is 6. The minimum absolute atomic E-state index is 0.0140. The molecule has 0 bridgehead atoms. The van der Waals surface area contributed by atoms with Crippen LogP contribution < -0.4 is 5.32 Å². The number of hydrogen-bond donors (Lipinski definition) is 1. The van der Waals surface area contributed by atoms with Gasteiger partial charge in [-0.3, -0.25) is 33.6 Å². The second-order valence-corrected chi connectivity index (χ2v) is 11.6. The first-order valence-corrected chi connectivity index (χ1v) is 15.9.